The van der Waals surface area contributed by atoms with Gasteiger partial charge in [0.1, 0.15) is 22.6 Å². The minimum Gasteiger partial charge on any atom is -0.489 e. The van der Waals surface area contributed by atoms with Crippen molar-refractivity contribution in [3.63, 3.8) is 0 Å². The van der Waals surface area contributed by atoms with Crippen LogP contribution in [0.1, 0.15) is 13.3 Å². The topological polar surface area (TPSA) is 55.4 Å². The molecule has 0 spiro atoms. The van der Waals surface area contributed by atoms with Crippen LogP contribution in [0.25, 0.3) is 0 Å². The summed E-state index contributed by atoms with van der Waals surface area (Å²) in [4.78, 5) is -0.357. The Morgan fingerprint density at radius 3 is 2.36 bits per heavy atom. The van der Waals surface area contributed by atoms with E-state index in [0.29, 0.717) is 12.2 Å². The Balaban J connectivity index is 2.02. The van der Waals surface area contributed by atoms with E-state index < -0.39 is 15.8 Å². The van der Waals surface area contributed by atoms with Crippen LogP contribution in [-0.4, -0.2) is 21.1 Å². The van der Waals surface area contributed by atoms with Crippen molar-refractivity contribution in [2.75, 3.05) is 6.54 Å². The molecule has 22 heavy (non-hydrogen) atoms. The average molecular weight is 323 g/mol. The van der Waals surface area contributed by atoms with E-state index in [1.54, 1.807) is 12.1 Å². The average Bonchev–Trinajstić information content (AvgIpc) is 2.52. The van der Waals surface area contributed by atoms with Gasteiger partial charge in [-0.3, -0.25) is 0 Å². The van der Waals surface area contributed by atoms with E-state index in [2.05, 4.69) is 4.72 Å². The second kappa shape index (κ2) is 7.38. The number of halogens is 1. The van der Waals surface area contributed by atoms with E-state index in [4.69, 9.17) is 4.74 Å². The Bertz CT molecular complexity index is 704. The van der Waals surface area contributed by atoms with Crippen molar-refractivity contribution >= 4 is 10.0 Å². The van der Waals surface area contributed by atoms with Gasteiger partial charge in [0.25, 0.3) is 0 Å². The van der Waals surface area contributed by atoms with Gasteiger partial charge in [-0.1, -0.05) is 37.3 Å². The van der Waals surface area contributed by atoms with Gasteiger partial charge in [0.15, 0.2) is 0 Å². The smallest absolute Gasteiger partial charge is 0.243 e. The number of ether oxygens (including phenoxy) is 1. The molecule has 0 aromatic heterocycles. The van der Waals surface area contributed by atoms with Crippen LogP contribution in [0.2, 0.25) is 0 Å². The molecule has 2 rings (SSSR count). The summed E-state index contributed by atoms with van der Waals surface area (Å²) in [7, 11) is -3.89. The third-order valence-electron chi connectivity index (χ3n) is 3.13. The van der Waals surface area contributed by atoms with Crippen LogP contribution in [0.5, 0.6) is 5.75 Å². The minimum absolute atomic E-state index is 0.0715. The summed E-state index contributed by atoms with van der Waals surface area (Å²) in [6.45, 7) is 1.97. The predicted molar refractivity (Wildman–Crippen MR) is 82.7 cm³/mol. The van der Waals surface area contributed by atoms with Gasteiger partial charge in [0.05, 0.1) is 0 Å². The molecule has 0 aliphatic carbocycles. The first-order chi connectivity index (χ1) is 10.5. The molecule has 0 bridgehead atoms. The van der Waals surface area contributed by atoms with Crippen molar-refractivity contribution in [3.8, 4) is 5.75 Å². The monoisotopic (exact) mass is 323 g/mol. The Morgan fingerprint density at radius 1 is 1.09 bits per heavy atom. The lowest BCUT2D eigenvalue weighted by molar-refractivity contribution is 0.200. The van der Waals surface area contributed by atoms with Crippen LogP contribution in [0.3, 0.4) is 0 Å². The summed E-state index contributed by atoms with van der Waals surface area (Å²) >= 11 is 0. The molecule has 1 atom stereocenters. The quantitative estimate of drug-likeness (QED) is 0.852. The number of hydrogen-bond acceptors (Lipinski definition) is 3. The molecule has 118 valence electrons. The molecule has 0 fully saturated rings. The van der Waals surface area contributed by atoms with Gasteiger partial charge in [0.2, 0.25) is 10.0 Å². The van der Waals surface area contributed by atoms with Crippen molar-refractivity contribution < 1.29 is 17.5 Å². The highest BCUT2D eigenvalue weighted by Crippen LogP contribution is 2.15. The fourth-order valence-electron chi connectivity index (χ4n) is 1.90. The fraction of sp³-hybridized carbons (Fsp3) is 0.250. The molecule has 0 amide bonds. The summed E-state index contributed by atoms with van der Waals surface area (Å²) < 4.78 is 45.9. The van der Waals surface area contributed by atoms with E-state index in [9.17, 15) is 12.8 Å². The molecule has 0 heterocycles. The van der Waals surface area contributed by atoms with Gasteiger partial charge >= 0.3 is 0 Å². The Labute approximate surface area is 130 Å². The first-order valence-electron chi connectivity index (χ1n) is 6.99. The number of hydrogen-bond donors (Lipinski definition) is 1. The first-order valence-corrected chi connectivity index (χ1v) is 8.47. The highest BCUT2D eigenvalue weighted by molar-refractivity contribution is 7.89. The molecule has 1 N–H and O–H groups in total. The lowest BCUT2D eigenvalue weighted by Gasteiger charge is -2.18. The molecule has 2 aromatic carbocycles. The Hall–Kier alpha value is -1.92. The van der Waals surface area contributed by atoms with Gasteiger partial charge in [-0.25, -0.2) is 17.5 Å². The molecule has 6 heteroatoms. The maximum absolute atomic E-state index is 13.6. The Kier molecular flexibility index (Phi) is 5.51. The molecule has 2 aromatic rings. The second-order valence-corrected chi connectivity index (χ2v) is 6.48. The highest BCUT2D eigenvalue weighted by Gasteiger charge is 2.20. The van der Waals surface area contributed by atoms with E-state index >= 15 is 0 Å². The van der Waals surface area contributed by atoms with Crippen LogP contribution in [0.15, 0.2) is 59.5 Å². The van der Waals surface area contributed by atoms with Gasteiger partial charge in [0, 0.05) is 6.54 Å². The fourth-order valence-corrected chi connectivity index (χ4v) is 3.05. The van der Waals surface area contributed by atoms with Crippen molar-refractivity contribution in [2.24, 2.45) is 0 Å². The number of sulfonamides is 1. The Morgan fingerprint density at radius 2 is 1.73 bits per heavy atom. The third-order valence-corrected chi connectivity index (χ3v) is 4.59. The van der Waals surface area contributed by atoms with Crippen LogP contribution in [0, 0.1) is 5.82 Å². The largest absolute Gasteiger partial charge is 0.489 e. The van der Waals surface area contributed by atoms with Gasteiger partial charge in [-0.2, -0.15) is 0 Å². The highest BCUT2D eigenvalue weighted by atomic mass is 32.2. The molecule has 0 aliphatic rings. The van der Waals surface area contributed by atoms with Crippen LogP contribution in [-0.2, 0) is 10.0 Å². The molecular weight excluding hydrogens is 305 g/mol. The summed E-state index contributed by atoms with van der Waals surface area (Å²) in [6.07, 6.45) is 0.290. The summed E-state index contributed by atoms with van der Waals surface area (Å²) in [5, 5.41) is 0. The van der Waals surface area contributed by atoms with E-state index in [1.807, 2.05) is 25.1 Å². The summed E-state index contributed by atoms with van der Waals surface area (Å²) in [6, 6.07) is 14.4. The standard InChI is InChI=1S/C16H18FNO3S/c1-2-13(21-14-8-4-3-5-9-14)12-18-22(19,20)16-11-7-6-10-15(16)17/h3-11,13,18H,2,12H2,1H3. The number of rotatable bonds is 7. The van der Waals surface area contributed by atoms with Crippen molar-refractivity contribution in [1.29, 1.82) is 0 Å². The number of para-hydroxylation sites is 1. The maximum atomic E-state index is 13.6. The van der Waals surface area contributed by atoms with Crippen molar-refractivity contribution in [2.45, 2.75) is 24.3 Å². The lowest BCUT2D eigenvalue weighted by atomic mass is 10.2. The molecule has 0 saturated heterocycles. The third kappa shape index (κ3) is 4.29. The van der Waals surface area contributed by atoms with Crippen LogP contribution in [0.4, 0.5) is 4.39 Å². The zero-order valence-electron chi connectivity index (χ0n) is 12.2. The molecule has 1 unspecified atom stereocenters. The second-order valence-electron chi connectivity index (χ2n) is 4.74. The predicted octanol–water partition coefficient (Wildman–Crippen LogP) is 2.96. The van der Waals surface area contributed by atoms with E-state index in [1.165, 1.54) is 18.2 Å². The minimum atomic E-state index is -3.89. The molecular formula is C16H18FNO3S. The van der Waals surface area contributed by atoms with Gasteiger partial charge < -0.3 is 4.74 Å². The van der Waals surface area contributed by atoms with E-state index in [-0.39, 0.29) is 17.5 Å². The van der Waals surface area contributed by atoms with E-state index in [0.717, 1.165) is 6.07 Å². The van der Waals surface area contributed by atoms with Crippen molar-refractivity contribution in [1.82, 2.24) is 4.72 Å². The number of benzene rings is 2. The SMILES string of the molecule is CCC(CNS(=O)(=O)c1ccccc1F)Oc1ccccc1. The van der Waals surface area contributed by atoms with Crippen LogP contribution < -0.4 is 9.46 Å². The molecule has 0 saturated carbocycles. The molecule has 4 nitrogen and oxygen atoms in total. The summed E-state index contributed by atoms with van der Waals surface area (Å²) in [5.74, 6) is -0.105. The summed E-state index contributed by atoms with van der Waals surface area (Å²) in [5.41, 5.74) is 0. The van der Waals surface area contributed by atoms with Crippen LogP contribution >= 0.6 is 0 Å². The van der Waals surface area contributed by atoms with Crippen molar-refractivity contribution in [3.05, 3.63) is 60.4 Å². The zero-order valence-corrected chi connectivity index (χ0v) is 13.0. The van der Waals surface area contributed by atoms with Gasteiger partial charge in [-0.15, -0.1) is 0 Å². The molecule has 0 radical (unpaired) electrons. The normalized spacial score (nSPS) is 12.8. The lowest BCUT2D eigenvalue weighted by Crippen LogP contribution is -2.35. The maximum Gasteiger partial charge on any atom is 0.243 e. The number of nitrogens with one attached hydrogen (secondary N) is 1. The first kappa shape index (κ1) is 16.5. The zero-order chi connectivity index (χ0) is 16.0. The van der Waals surface area contributed by atoms with Gasteiger partial charge in [-0.05, 0) is 30.7 Å². The molecule has 0 aliphatic heterocycles.